The summed E-state index contributed by atoms with van der Waals surface area (Å²) in [5.41, 5.74) is 2.75. The summed E-state index contributed by atoms with van der Waals surface area (Å²) in [7, 11) is 1.78. The molecule has 5 nitrogen and oxygen atoms in total. The largest absolute Gasteiger partial charge is 0.490 e. The van der Waals surface area contributed by atoms with Crippen LogP contribution >= 0.6 is 0 Å². The van der Waals surface area contributed by atoms with E-state index in [4.69, 9.17) is 4.74 Å². The van der Waals surface area contributed by atoms with Crippen LogP contribution in [0.3, 0.4) is 0 Å². The molecular weight excluding hydrogens is 532 g/mol. The van der Waals surface area contributed by atoms with Crippen molar-refractivity contribution in [1.29, 1.82) is 0 Å². The number of halogens is 2. The smallest absolute Gasteiger partial charge is 0.223 e. The Morgan fingerprint density at radius 3 is 2.05 bits per heavy atom. The highest BCUT2D eigenvalue weighted by Crippen LogP contribution is 2.30. The number of benzene rings is 3. The standard InChI is InChI=1S/C35H41F2N3O2/c1-39(35(28-6-10-30(36)11-7-28)29-8-12-31(37)13-9-29)34(41)25-27-18-23-40(24-19-27)22-2-3-26-4-14-32(15-5-26)42-33-16-20-38-21-17-33/h2-15,27,33,35,38H,16-25H2,1H3/b3-2+. The summed E-state index contributed by atoms with van der Waals surface area (Å²) in [5.74, 6) is 0.627. The summed E-state index contributed by atoms with van der Waals surface area (Å²) in [5, 5.41) is 3.36. The predicted octanol–water partition coefficient (Wildman–Crippen LogP) is 6.46. The Morgan fingerprint density at radius 1 is 0.905 bits per heavy atom. The van der Waals surface area contributed by atoms with Crippen LogP contribution in [0.5, 0.6) is 5.75 Å². The zero-order chi connectivity index (χ0) is 29.3. The minimum atomic E-state index is -0.408. The molecule has 0 saturated carbocycles. The van der Waals surface area contributed by atoms with E-state index in [9.17, 15) is 13.6 Å². The van der Waals surface area contributed by atoms with Crippen LogP contribution in [0, 0.1) is 17.6 Å². The maximum absolute atomic E-state index is 13.6. The molecule has 222 valence electrons. The Labute approximate surface area is 248 Å². The lowest BCUT2D eigenvalue weighted by atomic mass is 9.91. The van der Waals surface area contributed by atoms with Crippen molar-refractivity contribution in [3.63, 3.8) is 0 Å². The minimum absolute atomic E-state index is 0.0413. The first kappa shape index (κ1) is 29.9. The molecule has 0 aliphatic carbocycles. The van der Waals surface area contributed by atoms with Gasteiger partial charge in [0.2, 0.25) is 5.91 Å². The molecule has 2 fully saturated rings. The van der Waals surface area contributed by atoms with Gasteiger partial charge in [0.15, 0.2) is 0 Å². The number of piperidine rings is 2. The van der Waals surface area contributed by atoms with Gasteiger partial charge in [-0.15, -0.1) is 0 Å². The number of hydrogen-bond acceptors (Lipinski definition) is 4. The highest BCUT2D eigenvalue weighted by molar-refractivity contribution is 5.77. The van der Waals surface area contributed by atoms with Crippen molar-refractivity contribution in [3.05, 3.63) is 107 Å². The number of carbonyl (C=O) groups is 1. The van der Waals surface area contributed by atoms with Gasteiger partial charge in [-0.3, -0.25) is 9.69 Å². The minimum Gasteiger partial charge on any atom is -0.490 e. The van der Waals surface area contributed by atoms with Crippen molar-refractivity contribution < 1.29 is 18.3 Å². The van der Waals surface area contributed by atoms with E-state index in [0.717, 1.165) is 80.8 Å². The molecule has 1 N–H and O–H groups in total. The van der Waals surface area contributed by atoms with E-state index in [2.05, 4.69) is 46.6 Å². The lowest BCUT2D eigenvalue weighted by molar-refractivity contribution is -0.132. The maximum atomic E-state index is 13.6. The molecule has 3 aromatic rings. The molecule has 0 spiro atoms. The first-order valence-corrected chi connectivity index (χ1v) is 15.1. The van der Waals surface area contributed by atoms with Crippen molar-refractivity contribution in [2.24, 2.45) is 5.92 Å². The van der Waals surface area contributed by atoms with Gasteiger partial charge in [0.25, 0.3) is 0 Å². The number of nitrogens with one attached hydrogen (secondary N) is 1. The van der Waals surface area contributed by atoms with Crippen LogP contribution in [0.2, 0.25) is 0 Å². The molecule has 0 aromatic heterocycles. The van der Waals surface area contributed by atoms with Crippen LogP contribution in [0.15, 0.2) is 78.9 Å². The summed E-state index contributed by atoms with van der Waals surface area (Å²) >= 11 is 0. The Hall–Kier alpha value is -3.55. The normalized spacial score (nSPS) is 17.1. The van der Waals surface area contributed by atoms with Crippen LogP contribution in [0.25, 0.3) is 6.08 Å². The number of likely N-dealkylation sites (tertiary alicyclic amines) is 1. The third-order valence-corrected chi connectivity index (χ3v) is 8.47. The molecular formula is C35H41F2N3O2. The average Bonchev–Trinajstić information content (AvgIpc) is 3.01. The summed E-state index contributed by atoms with van der Waals surface area (Å²) in [4.78, 5) is 17.6. The molecule has 7 heteroatoms. The second-order valence-corrected chi connectivity index (χ2v) is 11.5. The average molecular weight is 574 g/mol. The number of rotatable bonds is 10. The monoisotopic (exact) mass is 573 g/mol. The van der Waals surface area contributed by atoms with Gasteiger partial charge >= 0.3 is 0 Å². The first-order valence-electron chi connectivity index (χ1n) is 15.1. The fourth-order valence-corrected chi connectivity index (χ4v) is 5.94. The van der Waals surface area contributed by atoms with Crippen molar-refractivity contribution in [2.75, 3.05) is 39.8 Å². The molecule has 2 heterocycles. The summed E-state index contributed by atoms with van der Waals surface area (Å²) in [6.07, 6.45) is 9.16. The van der Waals surface area contributed by atoms with Gasteiger partial charge in [-0.05, 0) is 111 Å². The number of amides is 1. The van der Waals surface area contributed by atoms with E-state index in [-0.39, 0.29) is 17.5 Å². The molecule has 0 radical (unpaired) electrons. The van der Waals surface area contributed by atoms with Gasteiger partial charge in [-0.1, -0.05) is 48.6 Å². The lowest BCUT2D eigenvalue weighted by Gasteiger charge is -2.34. The molecule has 0 unspecified atom stereocenters. The highest BCUT2D eigenvalue weighted by Gasteiger charge is 2.27. The Morgan fingerprint density at radius 2 is 1.48 bits per heavy atom. The molecule has 2 saturated heterocycles. The van der Waals surface area contributed by atoms with Gasteiger partial charge in [0.1, 0.15) is 23.5 Å². The topological polar surface area (TPSA) is 44.8 Å². The van der Waals surface area contributed by atoms with Gasteiger partial charge < -0.3 is 15.0 Å². The van der Waals surface area contributed by atoms with E-state index in [1.807, 2.05) is 0 Å². The Bertz CT molecular complexity index is 1250. The van der Waals surface area contributed by atoms with Crippen LogP contribution in [-0.2, 0) is 4.79 Å². The van der Waals surface area contributed by atoms with Crippen molar-refractivity contribution >= 4 is 12.0 Å². The van der Waals surface area contributed by atoms with E-state index in [0.29, 0.717) is 18.4 Å². The fourth-order valence-electron chi connectivity index (χ4n) is 5.94. The number of carbonyl (C=O) groups excluding carboxylic acids is 1. The zero-order valence-corrected chi connectivity index (χ0v) is 24.4. The second-order valence-electron chi connectivity index (χ2n) is 11.5. The third-order valence-electron chi connectivity index (χ3n) is 8.47. The molecule has 0 bridgehead atoms. The molecule has 42 heavy (non-hydrogen) atoms. The summed E-state index contributed by atoms with van der Waals surface area (Å²) < 4.78 is 33.3. The molecule has 5 rings (SSSR count). The quantitative estimate of drug-likeness (QED) is 0.303. The fraction of sp³-hybridized carbons (Fsp3) is 0.400. The van der Waals surface area contributed by atoms with Crippen LogP contribution in [0.1, 0.15) is 54.8 Å². The van der Waals surface area contributed by atoms with Crippen molar-refractivity contribution in [2.45, 2.75) is 44.2 Å². The number of hydrogen-bond donors (Lipinski definition) is 1. The van der Waals surface area contributed by atoms with Crippen LogP contribution in [-0.4, -0.2) is 61.6 Å². The zero-order valence-electron chi connectivity index (χ0n) is 24.4. The Balaban J connectivity index is 1.09. The second kappa shape index (κ2) is 14.6. The van der Waals surface area contributed by atoms with Gasteiger partial charge in [0, 0.05) is 20.0 Å². The van der Waals surface area contributed by atoms with Crippen molar-refractivity contribution in [3.8, 4) is 5.75 Å². The van der Waals surface area contributed by atoms with Crippen molar-refractivity contribution in [1.82, 2.24) is 15.1 Å². The highest BCUT2D eigenvalue weighted by atomic mass is 19.1. The third kappa shape index (κ3) is 8.26. The van der Waals surface area contributed by atoms with E-state index >= 15 is 0 Å². The molecule has 0 atom stereocenters. The summed E-state index contributed by atoms with van der Waals surface area (Å²) in [6, 6.07) is 20.3. The van der Waals surface area contributed by atoms with Gasteiger partial charge in [-0.2, -0.15) is 0 Å². The molecule has 1 amide bonds. The van der Waals surface area contributed by atoms with E-state index in [1.54, 1.807) is 36.2 Å². The SMILES string of the molecule is CN(C(=O)CC1CCN(C/C=C/c2ccc(OC3CCNCC3)cc2)CC1)C(c1ccc(F)cc1)c1ccc(F)cc1. The van der Waals surface area contributed by atoms with Gasteiger partial charge in [0.05, 0.1) is 6.04 Å². The Kier molecular flexibility index (Phi) is 10.4. The van der Waals surface area contributed by atoms with E-state index in [1.165, 1.54) is 24.3 Å². The summed E-state index contributed by atoms with van der Waals surface area (Å²) in [6.45, 7) is 4.82. The molecule has 2 aliphatic rings. The predicted molar refractivity (Wildman–Crippen MR) is 163 cm³/mol. The lowest BCUT2D eigenvalue weighted by Crippen LogP contribution is -2.37. The molecule has 2 aliphatic heterocycles. The number of nitrogens with zero attached hydrogens (tertiary/aromatic N) is 2. The first-order chi connectivity index (χ1) is 20.4. The molecule has 3 aromatic carbocycles. The van der Waals surface area contributed by atoms with Gasteiger partial charge in [-0.25, -0.2) is 8.78 Å². The van der Waals surface area contributed by atoms with E-state index < -0.39 is 6.04 Å². The van der Waals surface area contributed by atoms with Crippen LogP contribution in [0.4, 0.5) is 8.78 Å². The number of ether oxygens (including phenoxy) is 1. The maximum Gasteiger partial charge on any atom is 0.223 e. The van der Waals surface area contributed by atoms with Crippen LogP contribution < -0.4 is 10.1 Å².